The van der Waals surface area contributed by atoms with Crippen molar-refractivity contribution in [3.8, 4) is 0 Å². The molecule has 0 aliphatic rings. The van der Waals surface area contributed by atoms with Crippen LogP contribution in [0.15, 0.2) is 48.5 Å². The predicted octanol–water partition coefficient (Wildman–Crippen LogP) is 3.61. The third kappa shape index (κ3) is 6.20. The van der Waals surface area contributed by atoms with E-state index in [1.807, 2.05) is 81.1 Å². The quantitative estimate of drug-likeness (QED) is 0.760. The highest BCUT2D eigenvalue weighted by Gasteiger charge is 2.20. The lowest BCUT2D eigenvalue weighted by Gasteiger charge is -2.29. The summed E-state index contributed by atoms with van der Waals surface area (Å²) in [6.45, 7) is 8.89. The molecular weight excluding hydrogens is 350 g/mol. The first-order valence-electron chi connectivity index (χ1n) is 9.66. The molecule has 0 unspecified atom stereocenters. The van der Waals surface area contributed by atoms with E-state index in [1.165, 1.54) is 0 Å². The van der Waals surface area contributed by atoms with Crippen LogP contribution in [0.4, 0.5) is 5.69 Å². The molecular formula is C23H31N3O2. The van der Waals surface area contributed by atoms with Gasteiger partial charge >= 0.3 is 0 Å². The first-order chi connectivity index (χ1) is 13.3. The SMILES string of the molecule is Cc1cccc(C)c1NC(=O)CN(C)CC(=O)N(Cc1ccccc1)C(C)C. The summed E-state index contributed by atoms with van der Waals surface area (Å²) in [5.74, 6) is -0.104. The second-order valence-electron chi connectivity index (χ2n) is 7.59. The fourth-order valence-electron chi connectivity index (χ4n) is 3.15. The van der Waals surface area contributed by atoms with Gasteiger partial charge in [0.2, 0.25) is 11.8 Å². The molecule has 0 aliphatic heterocycles. The number of nitrogens with zero attached hydrogens (tertiary/aromatic N) is 2. The summed E-state index contributed by atoms with van der Waals surface area (Å²) in [5, 5.41) is 2.97. The maximum atomic E-state index is 12.8. The minimum absolute atomic E-state index is 0.0150. The summed E-state index contributed by atoms with van der Waals surface area (Å²) in [4.78, 5) is 28.8. The number of hydrogen-bond donors (Lipinski definition) is 1. The normalized spacial score (nSPS) is 11.0. The summed E-state index contributed by atoms with van der Waals surface area (Å²) in [7, 11) is 1.79. The smallest absolute Gasteiger partial charge is 0.238 e. The maximum Gasteiger partial charge on any atom is 0.238 e. The van der Waals surface area contributed by atoms with Gasteiger partial charge in [-0.25, -0.2) is 0 Å². The van der Waals surface area contributed by atoms with Gasteiger partial charge in [0.05, 0.1) is 13.1 Å². The molecule has 5 nitrogen and oxygen atoms in total. The summed E-state index contributed by atoms with van der Waals surface area (Å²) in [6, 6.07) is 16.0. The molecule has 0 aromatic heterocycles. The van der Waals surface area contributed by atoms with Crippen LogP contribution in [0.5, 0.6) is 0 Å². The molecule has 0 radical (unpaired) electrons. The second-order valence-corrected chi connectivity index (χ2v) is 7.59. The predicted molar refractivity (Wildman–Crippen MR) is 114 cm³/mol. The molecule has 0 saturated heterocycles. The van der Waals surface area contributed by atoms with Gasteiger partial charge in [0.15, 0.2) is 0 Å². The van der Waals surface area contributed by atoms with Crippen molar-refractivity contribution < 1.29 is 9.59 Å². The third-order valence-corrected chi connectivity index (χ3v) is 4.70. The molecule has 0 spiro atoms. The van der Waals surface area contributed by atoms with Gasteiger partial charge in [-0.2, -0.15) is 0 Å². The maximum absolute atomic E-state index is 12.8. The number of carbonyl (C=O) groups excluding carboxylic acids is 2. The molecule has 2 amide bonds. The van der Waals surface area contributed by atoms with E-state index in [0.717, 1.165) is 22.4 Å². The Hall–Kier alpha value is -2.66. The van der Waals surface area contributed by atoms with Gasteiger partial charge in [-0.3, -0.25) is 14.5 Å². The van der Waals surface area contributed by atoms with Crippen LogP contribution in [0.2, 0.25) is 0 Å². The Kier molecular flexibility index (Phi) is 7.76. The van der Waals surface area contributed by atoms with Crippen molar-refractivity contribution in [2.75, 3.05) is 25.5 Å². The molecule has 2 aromatic rings. The van der Waals surface area contributed by atoms with Crippen LogP contribution < -0.4 is 5.32 Å². The molecule has 0 fully saturated rings. The van der Waals surface area contributed by atoms with Gasteiger partial charge in [0.25, 0.3) is 0 Å². The van der Waals surface area contributed by atoms with E-state index >= 15 is 0 Å². The number of nitrogens with one attached hydrogen (secondary N) is 1. The summed E-state index contributed by atoms with van der Waals surface area (Å²) in [6.07, 6.45) is 0. The number of para-hydroxylation sites is 1. The van der Waals surface area contributed by atoms with Gasteiger partial charge in [0.1, 0.15) is 0 Å². The van der Waals surface area contributed by atoms with Crippen molar-refractivity contribution in [3.05, 3.63) is 65.2 Å². The molecule has 2 rings (SSSR count). The monoisotopic (exact) mass is 381 g/mol. The largest absolute Gasteiger partial charge is 0.335 e. The molecule has 0 saturated carbocycles. The Morgan fingerprint density at radius 2 is 1.54 bits per heavy atom. The molecule has 150 valence electrons. The van der Waals surface area contributed by atoms with Crippen LogP contribution in [0.3, 0.4) is 0 Å². The average molecular weight is 382 g/mol. The number of amides is 2. The van der Waals surface area contributed by atoms with Crippen LogP contribution >= 0.6 is 0 Å². The number of aryl methyl sites for hydroxylation is 2. The van der Waals surface area contributed by atoms with Crippen LogP contribution in [0.1, 0.15) is 30.5 Å². The highest BCUT2D eigenvalue weighted by molar-refractivity contribution is 5.94. The number of hydrogen-bond acceptors (Lipinski definition) is 3. The van der Waals surface area contributed by atoms with Crippen LogP contribution in [0, 0.1) is 13.8 Å². The second kappa shape index (κ2) is 10.0. The Bertz CT molecular complexity index is 782. The van der Waals surface area contributed by atoms with Crippen molar-refractivity contribution in [1.82, 2.24) is 9.80 Å². The minimum Gasteiger partial charge on any atom is -0.335 e. The standard InChI is InChI=1S/C23H31N3O2/c1-17(2)26(14-20-12-7-6-8-13-20)22(28)16-25(5)15-21(27)24-23-18(3)10-9-11-19(23)4/h6-13,17H,14-16H2,1-5H3,(H,24,27). The summed E-state index contributed by atoms with van der Waals surface area (Å²) >= 11 is 0. The zero-order valence-corrected chi connectivity index (χ0v) is 17.5. The first-order valence-corrected chi connectivity index (χ1v) is 9.66. The van der Waals surface area contributed by atoms with Crippen molar-refractivity contribution in [2.45, 2.75) is 40.3 Å². The zero-order valence-electron chi connectivity index (χ0n) is 17.5. The van der Waals surface area contributed by atoms with E-state index in [1.54, 1.807) is 11.9 Å². The number of anilines is 1. The molecule has 28 heavy (non-hydrogen) atoms. The van der Waals surface area contributed by atoms with E-state index < -0.39 is 0 Å². The van der Waals surface area contributed by atoms with Crippen molar-refractivity contribution >= 4 is 17.5 Å². The van der Waals surface area contributed by atoms with Crippen molar-refractivity contribution in [2.24, 2.45) is 0 Å². The lowest BCUT2D eigenvalue weighted by molar-refractivity contribution is -0.134. The first kappa shape index (κ1) is 21.6. The molecule has 0 bridgehead atoms. The Morgan fingerprint density at radius 1 is 0.929 bits per heavy atom. The van der Waals surface area contributed by atoms with E-state index in [-0.39, 0.29) is 30.9 Å². The zero-order chi connectivity index (χ0) is 20.7. The lowest BCUT2D eigenvalue weighted by atomic mass is 10.1. The van der Waals surface area contributed by atoms with E-state index in [2.05, 4.69) is 5.32 Å². The van der Waals surface area contributed by atoms with Crippen LogP contribution in [-0.2, 0) is 16.1 Å². The van der Waals surface area contributed by atoms with Crippen LogP contribution in [-0.4, -0.2) is 47.8 Å². The molecule has 1 N–H and O–H groups in total. The Morgan fingerprint density at radius 3 is 2.11 bits per heavy atom. The highest BCUT2D eigenvalue weighted by Crippen LogP contribution is 2.19. The van der Waals surface area contributed by atoms with Crippen molar-refractivity contribution in [3.63, 3.8) is 0 Å². The fourth-order valence-corrected chi connectivity index (χ4v) is 3.15. The molecule has 0 aliphatic carbocycles. The number of benzene rings is 2. The molecule has 2 aromatic carbocycles. The lowest BCUT2D eigenvalue weighted by Crippen LogP contribution is -2.44. The van der Waals surface area contributed by atoms with E-state index in [4.69, 9.17) is 0 Å². The Balaban J connectivity index is 1.93. The fraction of sp³-hybridized carbons (Fsp3) is 0.391. The van der Waals surface area contributed by atoms with Gasteiger partial charge in [0, 0.05) is 18.3 Å². The average Bonchev–Trinajstić information content (AvgIpc) is 2.63. The van der Waals surface area contributed by atoms with Gasteiger partial charge in [-0.1, -0.05) is 48.5 Å². The highest BCUT2D eigenvalue weighted by atomic mass is 16.2. The third-order valence-electron chi connectivity index (χ3n) is 4.70. The number of carbonyl (C=O) groups is 2. The van der Waals surface area contributed by atoms with Gasteiger partial charge in [-0.05, 0) is 51.4 Å². The molecule has 0 heterocycles. The molecule has 5 heteroatoms. The summed E-state index contributed by atoms with van der Waals surface area (Å²) in [5.41, 5.74) is 4.00. The van der Waals surface area contributed by atoms with E-state index in [0.29, 0.717) is 6.54 Å². The molecule has 0 atom stereocenters. The van der Waals surface area contributed by atoms with E-state index in [9.17, 15) is 9.59 Å². The Labute approximate surface area is 168 Å². The van der Waals surface area contributed by atoms with Gasteiger partial charge < -0.3 is 10.2 Å². The number of rotatable bonds is 8. The van der Waals surface area contributed by atoms with Gasteiger partial charge in [-0.15, -0.1) is 0 Å². The summed E-state index contributed by atoms with van der Waals surface area (Å²) < 4.78 is 0. The van der Waals surface area contributed by atoms with Crippen molar-refractivity contribution in [1.29, 1.82) is 0 Å². The number of likely N-dealkylation sites (N-methyl/N-ethyl adjacent to an activating group) is 1. The van der Waals surface area contributed by atoms with Crippen LogP contribution in [0.25, 0.3) is 0 Å². The topological polar surface area (TPSA) is 52.7 Å². The minimum atomic E-state index is -0.119.